The van der Waals surface area contributed by atoms with E-state index in [1.165, 1.54) is 5.57 Å². The Hall–Kier alpha value is -1.66. The van der Waals surface area contributed by atoms with Crippen molar-refractivity contribution in [3.8, 4) is 0 Å². The van der Waals surface area contributed by atoms with Crippen molar-refractivity contribution in [1.82, 2.24) is 0 Å². The number of carboxylic acid groups (broad SMARTS) is 1. The number of rotatable bonds is 3. The Balaban J connectivity index is 1.44. The van der Waals surface area contributed by atoms with Crippen molar-refractivity contribution in [3.05, 3.63) is 23.3 Å². The van der Waals surface area contributed by atoms with E-state index in [-0.39, 0.29) is 33.0 Å². The Morgan fingerprint density at radius 1 is 1.00 bits per heavy atom. The number of aliphatic hydroxyl groups is 1. The van der Waals surface area contributed by atoms with Crippen LogP contribution in [0.5, 0.6) is 0 Å². The van der Waals surface area contributed by atoms with Gasteiger partial charge in [-0.3, -0.25) is 4.79 Å². The third kappa shape index (κ3) is 3.50. The van der Waals surface area contributed by atoms with Gasteiger partial charge in [0, 0.05) is 28.7 Å². The van der Waals surface area contributed by atoms with Crippen LogP contribution in [0.3, 0.4) is 0 Å². The SMILES string of the molecule is C/C=C(\C)C(=O)O[C@@H]1CC(C)(C)CC2C3=CCC4[C@]56CC[C@](O)(OC5)C(C)(C)C6CC[C@@]4(C)[C@]3(C)CC[C@]21C(=O)O. The monoisotopic (exact) mass is 568 g/mol. The number of carboxylic acids is 1. The van der Waals surface area contributed by atoms with Crippen LogP contribution in [0.15, 0.2) is 23.3 Å². The second kappa shape index (κ2) is 8.71. The molecule has 2 heterocycles. The third-order valence-electron chi connectivity index (χ3n) is 14.5. The van der Waals surface area contributed by atoms with Crippen LogP contribution < -0.4 is 0 Å². The summed E-state index contributed by atoms with van der Waals surface area (Å²) in [7, 11) is 0. The highest BCUT2D eigenvalue weighted by molar-refractivity contribution is 5.88. The second-order valence-corrected chi connectivity index (χ2v) is 16.7. The summed E-state index contributed by atoms with van der Waals surface area (Å²) >= 11 is 0. The van der Waals surface area contributed by atoms with E-state index in [0.717, 1.165) is 38.5 Å². The lowest BCUT2D eigenvalue weighted by atomic mass is 9.32. The molecule has 6 heteroatoms. The molecule has 1 spiro atoms. The lowest BCUT2D eigenvalue weighted by molar-refractivity contribution is -0.395. The van der Waals surface area contributed by atoms with Crippen molar-refractivity contribution >= 4 is 11.9 Å². The molecule has 4 saturated carbocycles. The van der Waals surface area contributed by atoms with Crippen molar-refractivity contribution in [2.75, 3.05) is 6.61 Å². The van der Waals surface area contributed by atoms with E-state index in [0.29, 0.717) is 43.3 Å². The molecule has 0 aromatic heterocycles. The Bertz CT molecular complexity index is 1220. The lowest BCUT2D eigenvalue weighted by Crippen LogP contribution is -2.73. The molecule has 0 aromatic rings. The van der Waals surface area contributed by atoms with Gasteiger partial charge in [0.05, 0.1) is 6.61 Å². The molecule has 0 radical (unpaired) electrons. The molecule has 7 aliphatic rings. The summed E-state index contributed by atoms with van der Waals surface area (Å²) in [6.45, 7) is 17.9. The van der Waals surface area contributed by atoms with E-state index < -0.39 is 29.2 Å². The van der Waals surface area contributed by atoms with Crippen molar-refractivity contribution in [3.63, 3.8) is 0 Å². The summed E-state index contributed by atoms with van der Waals surface area (Å²) in [5.41, 5.74) is 0.153. The first-order valence-corrected chi connectivity index (χ1v) is 16.1. The molecule has 2 bridgehead atoms. The van der Waals surface area contributed by atoms with Gasteiger partial charge in [0.15, 0.2) is 5.79 Å². The largest absolute Gasteiger partial charge is 0.481 e. The smallest absolute Gasteiger partial charge is 0.333 e. The highest BCUT2D eigenvalue weighted by Gasteiger charge is 2.75. The molecule has 5 aliphatic carbocycles. The molecule has 228 valence electrons. The maximum atomic E-state index is 13.4. The van der Waals surface area contributed by atoms with E-state index in [4.69, 9.17) is 9.47 Å². The van der Waals surface area contributed by atoms with E-state index in [1.54, 1.807) is 13.0 Å². The van der Waals surface area contributed by atoms with Crippen LogP contribution in [0, 0.1) is 50.2 Å². The van der Waals surface area contributed by atoms with Gasteiger partial charge in [-0.25, -0.2) is 4.79 Å². The minimum atomic E-state index is -1.11. The summed E-state index contributed by atoms with van der Waals surface area (Å²) in [5, 5.41) is 22.4. The van der Waals surface area contributed by atoms with Gasteiger partial charge < -0.3 is 19.7 Å². The lowest BCUT2D eigenvalue weighted by Gasteiger charge is -2.74. The zero-order chi connectivity index (χ0) is 30.0. The summed E-state index contributed by atoms with van der Waals surface area (Å²) < 4.78 is 12.5. The third-order valence-corrected chi connectivity index (χ3v) is 14.5. The van der Waals surface area contributed by atoms with E-state index in [2.05, 4.69) is 47.6 Å². The first-order chi connectivity index (χ1) is 18.9. The minimum absolute atomic E-state index is 0.000216. The number of ether oxygens (including phenoxy) is 2. The maximum absolute atomic E-state index is 13.4. The number of esters is 1. The quantitative estimate of drug-likeness (QED) is 0.215. The molecule has 0 aromatic carbocycles. The number of hydrogen-bond acceptors (Lipinski definition) is 5. The summed E-state index contributed by atoms with van der Waals surface area (Å²) in [6.07, 6.45) is 10.9. The topological polar surface area (TPSA) is 93.1 Å². The fourth-order valence-corrected chi connectivity index (χ4v) is 11.7. The van der Waals surface area contributed by atoms with Crippen LogP contribution in [0.2, 0.25) is 0 Å². The van der Waals surface area contributed by atoms with Crippen molar-refractivity contribution in [1.29, 1.82) is 0 Å². The van der Waals surface area contributed by atoms with Gasteiger partial charge in [-0.05, 0) is 93.3 Å². The van der Waals surface area contributed by atoms with Crippen LogP contribution in [0.4, 0.5) is 0 Å². The highest BCUT2D eigenvalue weighted by atomic mass is 16.6. The summed E-state index contributed by atoms with van der Waals surface area (Å²) in [4.78, 5) is 26.4. The van der Waals surface area contributed by atoms with Gasteiger partial charge >= 0.3 is 11.9 Å². The molecule has 41 heavy (non-hydrogen) atoms. The molecule has 2 aliphatic heterocycles. The van der Waals surface area contributed by atoms with E-state index in [1.807, 2.05) is 6.92 Å². The summed E-state index contributed by atoms with van der Waals surface area (Å²) in [5.74, 6) is -1.60. The molecule has 6 fully saturated rings. The number of carbonyl (C=O) groups excluding carboxylic acids is 1. The minimum Gasteiger partial charge on any atom is -0.481 e. The molecule has 2 saturated heterocycles. The number of hydrogen-bond donors (Lipinski definition) is 2. The summed E-state index contributed by atoms with van der Waals surface area (Å²) in [6, 6.07) is 0. The molecule has 2 N–H and O–H groups in total. The van der Waals surface area contributed by atoms with E-state index in [9.17, 15) is 19.8 Å². The number of fused-ring (bicyclic) bond motifs is 7. The fourth-order valence-electron chi connectivity index (χ4n) is 11.7. The number of carbonyl (C=O) groups is 2. The van der Waals surface area contributed by atoms with Gasteiger partial charge in [-0.2, -0.15) is 0 Å². The first-order valence-electron chi connectivity index (χ1n) is 16.1. The molecule has 0 amide bonds. The molecule has 6 nitrogen and oxygen atoms in total. The molecule has 7 rings (SSSR count). The molecular weight excluding hydrogens is 516 g/mol. The Morgan fingerprint density at radius 2 is 1.71 bits per heavy atom. The van der Waals surface area contributed by atoms with Crippen LogP contribution in [-0.4, -0.2) is 40.6 Å². The van der Waals surface area contributed by atoms with Gasteiger partial charge in [0.1, 0.15) is 11.5 Å². The van der Waals surface area contributed by atoms with Crippen LogP contribution in [0.1, 0.15) is 113 Å². The zero-order valence-corrected chi connectivity index (χ0v) is 26.6. The standard InChI is InChI=1S/C35H52O6/c1-9-21(2)27(36)41-26-19-29(3,4)18-23-22-10-11-25-32(8,31(22,7)14-16-34(23,26)28(37)38)13-12-24-30(5,6)35(39)17-15-33(24,25)20-40-35/h9-10,23-26,39H,11-20H2,1-8H3,(H,37,38)/b21-9+/t23?,24?,25?,26-,31-,32-,33-,34+,35+/m1/s1. The molecule has 3 unspecified atom stereocenters. The van der Waals surface area contributed by atoms with Crippen molar-refractivity contribution in [2.24, 2.45) is 50.2 Å². The van der Waals surface area contributed by atoms with Crippen molar-refractivity contribution in [2.45, 2.75) is 125 Å². The Kier molecular flexibility index (Phi) is 6.25. The first kappa shape index (κ1) is 29.4. The zero-order valence-electron chi connectivity index (χ0n) is 26.6. The predicted molar refractivity (Wildman–Crippen MR) is 157 cm³/mol. The van der Waals surface area contributed by atoms with Gasteiger partial charge in [-0.15, -0.1) is 0 Å². The van der Waals surface area contributed by atoms with Gasteiger partial charge in [0.2, 0.25) is 0 Å². The predicted octanol–water partition coefficient (Wildman–Crippen LogP) is 7.06. The second-order valence-electron chi connectivity index (χ2n) is 16.7. The Morgan fingerprint density at radius 3 is 2.32 bits per heavy atom. The maximum Gasteiger partial charge on any atom is 0.333 e. The van der Waals surface area contributed by atoms with Crippen LogP contribution in [-0.2, 0) is 19.1 Å². The Labute approximate surface area is 246 Å². The van der Waals surface area contributed by atoms with Gasteiger partial charge in [0.25, 0.3) is 0 Å². The van der Waals surface area contributed by atoms with Crippen molar-refractivity contribution < 1.29 is 29.3 Å². The molecular formula is C35H52O6. The average molecular weight is 569 g/mol. The van der Waals surface area contributed by atoms with Crippen LogP contribution >= 0.6 is 0 Å². The number of allylic oxidation sites excluding steroid dienone is 3. The van der Waals surface area contributed by atoms with Crippen LogP contribution in [0.25, 0.3) is 0 Å². The average Bonchev–Trinajstić information content (AvgIpc) is 2.88. The van der Waals surface area contributed by atoms with E-state index >= 15 is 0 Å². The normalized spacial score (nSPS) is 49.5. The highest BCUT2D eigenvalue weighted by Crippen LogP contribution is 2.78. The molecule has 9 atom stereocenters. The number of aliphatic carboxylic acids is 1. The van der Waals surface area contributed by atoms with Gasteiger partial charge in [-0.1, -0.05) is 59.3 Å². The fraction of sp³-hybridized carbons (Fsp3) is 0.829.